The van der Waals surface area contributed by atoms with Gasteiger partial charge in [-0.15, -0.1) is 0 Å². The summed E-state index contributed by atoms with van der Waals surface area (Å²) in [5, 5.41) is 4.81. The monoisotopic (exact) mass is 246 g/mol. The van der Waals surface area contributed by atoms with Crippen LogP contribution < -0.4 is 10.1 Å². The lowest BCUT2D eigenvalue weighted by atomic mass is 10.0. The van der Waals surface area contributed by atoms with Crippen LogP contribution in [0.1, 0.15) is 32.8 Å². The highest BCUT2D eigenvalue weighted by Crippen LogP contribution is 2.24. The second-order valence-electron chi connectivity index (χ2n) is 5.32. The number of H-pyrrole nitrogens is 1. The van der Waals surface area contributed by atoms with E-state index in [1.165, 1.54) is 10.9 Å². The third kappa shape index (κ3) is 2.67. The van der Waals surface area contributed by atoms with Gasteiger partial charge in [0.1, 0.15) is 5.75 Å². The Hall–Kier alpha value is -1.48. The van der Waals surface area contributed by atoms with Crippen LogP contribution in [-0.4, -0.2) is 17.6 Å². The Labute approximate surface area is 109 Å². The molecular formula is C15H22N2O. The number of aromatic nitrogens is 1. The summed E-state index contributed by atoms with van der Waals surface area (Å²) >= 11 is 0. The Balaban J connectivity index is 2.23. The van der Waals surface area contributed by atoms with Crippen molar-refractivity contribution in [2.45, 2.75) is 39.3 Å². The first kappa shape index (κ1) is 13.0. The Morgan fingerprint density at radius 3 is 2.78 bits per heavy atom. The molecule has 0 saturated carbocycles. The minimum atomic E-state index is 0.169. The lowest BCUT2D eigenvalue weighted by Crippen LogP contribution is -2.37. The number of methoxy groups -OCH3 is 1. The largest absolute Gasteiger partial charge is 0.497 e. The summed E-state index contributed by atoms with van der Waals surface area (Å²) in [6.45, 7) is 7.52. The van der Waals surface area contributed by atoms with Crippen LogP contribution in [0.2, 0.25) is 0 Å². The number of hydrogen-bond donors (Lipinski definition) is 2. The quantitative estimate of drug-likeness (QED) is 0.847. The van der Waals surface area contributed by atoms with E-state index >= 15 is 0 Å². The van der Waals surface area contributed by atoms with E-state index in [-0.39, 0.29) is 5.54 Å². The molecule has 3 heteroatoms. The molecule has 0 aliphatic rings. The van der Waals surface area contributed by atoms with Crippen molar-refractivity contribution in [3.05, 3.63) is 30.0 Å². The lowest BCUT2D eigenvalue weighted by Gasteiger charge is -2.24. The van der Waals surface area contributed by atoms with E-state index in [1.807, 2.05) is 6.07 Å². The van der Waals surface area contributed by atoms with Gasteiger partial charge in [0.25, 0.3) is 0 Å². The van der Waals surface area contributed by atoms with E-state index in [0.717, 1.165) is 24.2 Å². The van der Waals surface area contributed by atoms with Gasteiger partial charge in [0, 0.05) is 29.2 Å². The van der Waals surface area contributed by atoms with Crippen molar-refractivity contribution in [2.75, 3.05) is 7.11 Å². The molecule has 0 unspecified atom stereocenters. The number of aromatic amines is 1. The second kappa shape index (κ2) is 5.02. The summed E-state index contributed by atoms with van der Waals surface area (Å²) in [4.78, 5) is 3.30. The average molecular weight is 246 g/mol. The van der Waals surface area contributed by atoms with Crippen LogP contribution >= 0.6 is 0 Å². The molecule has 0 atom stereocenters. The van der Waals surface area contributed by atoms with Gasteiger partial charge < -0.3 is 15.0 Å². The van der Waals surface area contributed by atoms with Gasteiger partial charge in [-0.25, -0.2) is 0 Å². The van der Waals surface area contributed by atoms with Crippen molar-refractivity contribution in [1.29, 1.82) is 0 Å². The summed E-state index contributed by atoms with van der Waals surface area (Å²) < 4.78 is 5.28. The molecule has 2 N–H and O–H groups in total. The Morgan fingerprint density at radius 1 is 1.33 bits per heavy atom. The zero-order chi connectivity index (χ0) is 13.2. The smallest absolute Gasteiger partial charge is 0.119 e. The van der Waals surface area contributed by atoms with Crippen LogP contribution in [0.5, 0.6) is 5.75 Å². The number of nitrogens with one attached hydrogen (secondary N) is 2. The molecule has 1 aromatic heterocycles. The molecule has 0 radical (unpaired) electrons. The maximum absolute atomic E-state index is 5.28. The Bertz CT molecular complexity index is 528. The van der Waals surface area contributed by atoms with Crippen LogP contribution in [0, 0.1) is 0 Å². The maximum Gasteiger partial charge on any atom is 0.119 e. The standard InChI is InChI=1S/C15H22N2O/c1-5-15(2,3)17-10-11-9-16-14-7-6-12(18-4)8-13(11)14/h6-9,16-17H,5,10H2,1-4H3. The van der Waals surface area contributed by atoms with Crippen molar-refractivity contribution in [3.8, 4) is 5.75 Å². The number of fused-ring (bicyclic) bond motifs is 1. The summed E-state index contributed by atoms with van der Waals surface area (Å²) in [6.07, 6.45) is 3.18. The highest BCUT2D eigenvalue weighted by atomic mass is 16.5. The van der Waals surface area contributed by atoms with Gasteiger partial charge in [-0.05, 0) is 44.0 Å². The molecule has 0 bridgehead atoms. The Kier molecular flexibility index (Phi) is 3.62. The SMILES string of the molecule is CCC(C)(C)NCc1c[nH]c2ccc(OC)cc12. The van der Waals surface area contributed by atoms with E-state index in [1.54, 1.807) is 7.11 Å². The predicted molar refractivity (Wildman–Crippen MR) is 76.1 cm³/mol. The molecule has 0 aliphatic heterocycles. The first-order valence-electron chi connectivity index (χ1n) is 6.45. The fourth-order valence-electron chi connectivity index (χ4n) is 1.89. The van der Waals surface area contributed by atoms with E-state index in [4.69, 9.17) is 4.74 Å². The molecule has 2 aromatic rings. The van der Waals surface area contributed by atoms with E-state index in [2.05, 4.69) is 49.4 Å². The Morgan fingerprint density at radius 2 is 2.11 bits per heavy atom. The molecule has 3 nitrogen and oxygen atoms in total. The minimum Gasteiger partial charge on any atom is -0.497 e. The van der Waals surface area contributed by atoms with E-state index in [9.17, 15) is 0 Å². The lowest BCUT2D eigenvalue weighted by molar-refractivity contribution is 0.375. The minimum absolute atomic E-state index is 0.169. The van der Waals surface area contributed by atoms with Gasteiger partial charge >= 0.3 is 0 Å². The zero-order valence-corrected chi connectivity index (χ0v) is 11.6. The molecule has 0 fully saturated rings. The number of benzene rings is 1. The number of hydrogen-bond acceptors (Lipinski definition) is 2. The van der Waals surface area contributed by atoms with E-state index < -0.39 is 0 Å². The van der Waals surface area contributed by atoms with Crippen molar-refractivity contribution in [3.63, 3.8) is 0 Å². The summed E-state index contributed by atoms with van der Waals surface area (Å²) in [7, 11) is 1.70. The van der Waals surface area contributed by atoms with Crippen molar-refractivity contribution < 1.29 is 4.74 Å². The van der Waals surface area contributed by atoms with Crippen molar-refractivity contribution in [1.82, 2.24) is 10.3 Å². The number of rotatable bonds is 5. The van der Waals surface area contributed by atoms with Crippen LogP contribution in [0.4, 0.5) is 0 Å². The summed E-state index contributed by atoms with van der Waals surface area (Å²) in [5.41, 5.74) is 2.61. The molecule has 18 heavy (non-hydrogen) atoms. The molecule has 1 heterocycles. The summed E-state index contributed by atoms with van der Waals surface area (Å²) in [6, 6.07) is 6.12. The molecule has 1 aromatic carbocycles. The second-order valence-corrected chi connectivity index (χ2v) is 5.32. The highest BCUT2D eigenvalue weighted by Gasteiger charge is 2.14. The van der Waals surface area contributed by atoms with Gasteiger partial charge in [-0.1, -0.05) is 6.92 Å². The topological polar surface area (TPSA) is 37.0 Å². The number of ether oxygens (including phenoxy) is 1. The van der Waals surface area contributed by atoms with Crippen LogP contribution in [0.25, 0.3) is 10.9 Å². The van der Waals surface area contributed by atoms with Gasteiger partial charge in [-0.2, -0.15) is 0 Å². The fraction of sp³-hybridized carbons (Fsp3) is 0.467. The highest BCUT2D eigenvalue weighted by molar-refractivity contribution is 5.84. The third-order valence-corrected chi connectivity index (χ3v) is 3.62. The fourth-order valence-corrected chi connectivity index (χ4v) is 1.89. The summed E-state index contributed by atoms with van der Waals surface area (Å²) in [5.74, 6) is 0.901. The van der Waals surface area contributed by atoms with Gasteiger partial charge in [0.15, 0.2) is 0 Å². The zero-order valence-electron chi connectivity index (χ0n) is 11.6. The van der Waals surface area contributed by atoms with E-state index in [0.29, 0.717) is 0 Å². The third-order valence-electron chi connectivity index (χ3n) is 3.62. The molecule has 2 rings (SSSR count). The van der Waals surface area contributed by atoms with Crippen LogP contribution in [-0.2, 0) is 6.54 Å². The first-order valence-corrected chi connectivity index (χ1v) is 6.45. The molecule has 98 valence electrons. The van der Waals surface area contributed by atoms with Crippen LogP contribution in [0.3, 0.4) is 0 Å². The van der Waals surface area contributed by atoms with Gasteiger partial charge in [0.05, 0.1) is 7.11 Å². The van der Waals surface area contributed by atoms with Gasteiger partial charge in [0.2, 0.25) is 0 Å². The van der Waals surface area contributed by atoms with Gasteiger partial charge in [-0.3, -0.25) is 0 Å². The molecule has 0 saturated heterocycles. The molecular weight excluding hydrogens is 224 g/mol. The normalized spacial score (nSPS) is 12.0. The van der Waals surface area contributed by atoms with Crippen LogP contribution in [0.15, 0.2) is 24.4 Å². The van der Waals surface area contributed by atoms with Crippen molar-refractivity contribution >= 4 is 10.9 Å². The molecule has 0 amide bonds. The molecule has 0 aliphatic carbocycles. The maximum atomic E-state index is 5.28. The predicted octanol–water partition coefficient (Wildman–Crippen LogP) is 3.45. The van der Waals surface area contributed by atoms with Crippen molar-refractivity contribution in [2.24, 2.45) is 0 Å². The first-order chi connectivity index (χ1) is 8.55. The average Bonchev–Trinajstić information content (AvgIpc) is 2.78. The molecule has 0 spiro atoms.